The summed E-state index contributed by atoms with van der Waals surface area (Å²) >= 11 is 0. The van der Waals surface area contributed by atoms with Crippen molar-refractivity contribution in [1.29, 1.82) is 0 Å². The van der Waals surface area contributed by atoms with Crippen LogP contribution < -0.4 is 4.90 Å². The number of hydrogen-bond acceptors (Lipinski definition) is 1. The third-order valence-corrected chi connectivity index (χ3v) is 10.4. The average Bonchev–Trinajstić information content (AvgIpc) is 3.21. The molecule has 0 saturated carbocycles. The molecule has 0 amide bonds. The Balaban J connectivity index is 1.08. The number of rotatable bonds is 5. The maximum Gasteiger partial charge on any atom is 0.0468 e. The van der Waals surface area contributed by atoms with E-state index in [9.17, 15) is 0 Å². The van der Waals surface area contributed by atoms with Gasteiger partial charge in [-0.2, -0.15) is 0 Å². The van der Waals surface area contributed by atoms with Gasteiger partial charge in [0.1, 0.15) is 0 Å². The molecule has 238 valence electrons. The summed E-state index contributed by atoms with van der Waals surface area (Å²) in [6, 6.07) is 73.1. The van der Waals surface area contributed by atoms with Crippen molar-refractivity contribution in [2.75, 3.05) is 4.90 Å². The van der Waals surface area contributed by atoms with Crippen LogP contribution in [0.5, 0.6) is 0 Å². The molecular weight excluding hydrogens is 615 g/mol. The van der Waals surface area contributed by atoms with Gasteiger partial charge in [-0.1, -0.05) is 152 Å². The van der Waals surface area contributed by atoms with Crippen LogP contribution in [0.4, 0.5) is 17.1 Å². The first-order valence-corrected chi connectivity index (χ1v) is 17.6. The van der Waals surface area contributed by atoms with Gasteiger partial charge in [0.2, 0.25) is 0 Å². The minimum Gasteiger partial charge on any atom is -0.310 e. The maximum absolute atomic E-state index is 2.38. The molecule has 0 unspecified atom stereocenters. The molecule has 0 fully saturated rings. The average molecular weight is 648 g/mol. The molecule has 51 heavy (non-hydrogen) atoms. The second-order valence-corrected chi connectivity index (χ2v) is 13.4. The fourth-order valence-electron chi connectivity index (χ4n) is 7.75. The maximum atomic E-state index is 2.38. The summed E-state index contributed by atoms with van der Waals surface area (Å²) in [5.74, 6) is 0. The Labute approximate surface area is 297 Å². The van der Waals surface area contributed by atoms with Crippen LogP contribution >= 0.6 is 0 Å². The van der Waals surface area contributed by atoms with Crippen molar-refractivity contribution < 1.29 is 0 Å². The lowest BCUT2D eigenvalue weighted by Gasteiger charge is -2.26. The van der Waals surface area contributed by atoms with Gasteiger partial charge in [-0.3, -0.25) is 0 Å². The number of fused-ring (bicyclic) bond motifs is 7. The van der Waals surface area contributed by atoms with Gasteiger partial charge in [0.15, 0.2) is 0 Å². The van der Waals surface area contributed by atoms with Crippen LogP contribution in [-0.2, 0) is 0 Å². The van der Waals surface area contributed by atoms with Gasteiger partial charge in [-0.05, 0) is 125 Å². The first-order valence-electron chi connectivity index (χ1n) is 17.6. The molecule has 0 N–H and O–H groups in total. The summed E-state index contributed by atoms with van der Waals surface area (Å²) < 4.78 is 0. The molecule has 10 aromatic rings. The monoisotopic (exact) mass is 647 g/mol. The second-order valence-electron chi connectivity index (χ2n) is 13.4. The van der Waals surface area contributed by atoms with E-state index in [1.54, 1.807) is 0 Å². The van der Waals surface area contributed by atoms with Gasteiger partial charge in [-0.25, -0.2) is 0 Å². The smallest absolute Gasteiger partial charge is 0.0468 e. The van der Waals surface area contributed by atoms with Crippen LogP contribution in [0.2, 0.25) is 0 Å². The zero-order chi connectivity index (χ0) is 33.7. The van der Waals surface area contributed by atoms with Crippen LogP contribution in [0, 0.1) is 0 Å². The standard InChI is InChI=1S/C50H33N/c1-2-8-34(9-3-1)41-20-21-43-32-47(29-25-42(43)30-41)51(46-28-24-35-10-4-5-12-40(35)31-46)45-26-22-36(23-27-45)44-19-16-38-15-18-39-17-14-37-11-6-7-13-48(37)50(39)49(38)33-44/h1-33H. The van der Waals surface area contributed by atoms with Crippen molar-refractivity contribution in [2.45, 2.75) is 0 Å². The van der Waals surface area contributed by atoms with Gasteiger partial charge in [-0.15, -0.1) is 0 Å². The van der Waals surface area contributed by atoms with Crippen LogP contribution in [0.25, 0.3) is 76.1 Å². The Morgan fingerprint density at radius 3 is 1.45 bits per heavy atom. The van der Waals surface area contributed by atoms with E-state index in [-0.39, 0.29) is 0 Å². The van der Waals surface area contributed by atoms with Gasteiger partial charge < -0.3 is 4.90 Å². The van der Waals surface area contributed by atoms with E-state index in [0.717, 1.165) is 17.1 Å². The predicted octanol–water partition coefficient (Wildman–Crippen LogP) is 14.3. The largest absolute Gasteiger partial charge is 0.310 e. The Kier molecular flexibility index (Phi) is 6.89. The normalized spacial score (nSPS) is 11.5. The molecule has 1 heteroatoms. The summed E-state index contributed by atoms with van der Waals surface area (Å²) in [4.78, 5) is 2.38. The lowest BCUT2D eigenvalue weighted by atomic mass is 9.94. The number of anilines is 3. The van der Waals surface area contributed by atoms with Gasteiger partial charge >= 0.3 is 0 Å². The lowest BCUT2D eigenvalue weighted by molar-refractivity contribution is 1.29. The molecule has 0 heterocycles. The molecule has 10 rings (SSSR count). The first kappa shape index (κ1) is 29.2. The van der Waals surface area contributed by atoms with E-state index in [1.165, 1.54) is 76.1 Å². The second kappa shape index (κ2) is 12.0. The molecule has 0 bridgehead atoms. The lowest BCUT2D eigenvalue weighted by Crippen LogP contribution is -2.09. The van der Waals surface area contributed by atoms with E-state index in [0.29, 0.717) is 0 Å². The molecule has 0 aromatic heterocycles. The van der Waals surface area contributed by atoms with Crippen molar-refractivity contribution in [1.82, 2.24) is 0 Å². The fraction of sp³-hybridized carbons (Fsp3) is 0. The molecule has 0 aliphatic heterocycles. The summed E-state index contributed by atoms with van der Waals surface area (Å²) in [6.45, 7) is 0. The molecule has 10 aromatic carbocycles. The Bertz CT molecular complexity index is 2900. The molecule has 0 spiro atoms. The minimum absolute atomic E-state index is 1.12. The molecule has 0 radical (unpaired) electrons. The minimum atomic E-state index is 1.12. The van der Waals surface area contributed by atoms with E-state index >= 15 is 0 Å². The van der Waals surface area contributed by atoms with Crippen LogP contribution in [0.3, 0.4) is 0 Å². The molecule has 0 saturated heterocycles. The summed E-state index contributed by atoms with van der Waals surface area (Å²) in [5, 5.41) is 12.6. The van der Waals surface area contributed by atoms with Gasteiger partial charge in [0.05, 0.1) is 0 Å². The quantitative estimate of drug-likeness (QED) is 0.168. The van der Waals surface area contributed by atoms with Crippen molar-refractivity contribution in [3.05, 3.63) is 200 Å². The van der Waals surface area contributed by atoms with E-state index < -0.39 is 0 Å². The number of nitrogens with zero attached hydrogens (tertiary/aromatic N) is 1. The zero-order valence-electron chi connectivity index (χ0n) is 28.0. The Morgan fingerprint density at radius 2 is 0.686 bits per heavy atom. The fourth-order valence-corrected chi connectivity index (χ4v) is 7.75. The van der Waals surface area contributed by atoms with Crippen molar-refractivity contribution >= 4 is 70.9 Å². The summed E-state index contributed by atoms with van der Waals surface area (Å²) in [5.41, 5.74) is 8.25. The van der Waals surface area contributed by atoms with Crippen molar-refractivity contribution in [3.8, 4) is 22.3 Å². The van der Waals surface area contributed by atoms with Crippen LogP contribution in [0.1, 0.15) is 0 Å². The highest BCUT2D eigenvalue weighted by Gasteiger charge is 2.15. The van der Waals surface area contributed by atoms with Gasteiger partial charge in [0.25, 0.3) is 0 Å². The van der Waals surface area contributed by atoms with Crippen LogP contribution in [0.15, 0.2) is 200 Å². The third kappa shape index (κ3) is 5.19. The van der Waals surface area contributed by atoms with Crippen molar-refractivity contribution in [2.24, 2.45) is 0 Å². The predicted molar refractivity (Wildman–Crippen MR) is 220 cm³/mol. The summed E-state index contributed by atoms with van der Waals surface area (Å²) in [6.07, 6.45) is 0. The van der Waals surface area contributed by atoms with Crippen LogP contribution in [-0.4, -0.2) is 0 Å². The van der Waals surface area contributed by atoms with E-state index in [4.69, 9.17) is 0 Å². The summed E-state index contributed by atoms with van der Waals surface area (Å²) in [7, 11) is 0. The molecule has 0 atom stereocenters. The first-order chi connectivity index (χ1) is 25.2. The highest BCUT2D eigenvalue weighted by molar-refractivity contribution is 6.20. The SMILES string of the molecule is c1ccc(-c2ccc3cc(N(c4ccc(-c5ccc6ccc7ccc8ccccc8c7c6c5)cc4)c4ccc5ccccc5c4)ccc3c2)cc1. The van der Waals surface area contributed by atoms with Gasteiger partial charge in [0, 0.05) is 17.1 Å². The highest BCUT2D eigenvalue weighted by Crippen LogP contribution is 2.40. The molecular formula is C50H33N. The third-order valence-electron chi connectivity index (χ3n) is 10.4. The highest BCUT2D eigenvalue weighted by atomic mass is 15.1. The van der Waals surface area contributed by atoms with E-state index in [2.05, 4.69) is 205 Å². The molecule has 1 nitrogen and oxygen atoms in total. The number of benzene rings is 10. The number of hydrogen-bond donors (Lipinski definition) is 0. The molecule has 0 aliphatic rings. The Morgan fingerprint density at radius 1 is 0.235 bits per heavy atom. The molecule has 0 aliphatic carbocycles. The Hall–Kier alpha value is -6.70. The van der Waals surface area contributed by atoms with Crippen molar-refractivity contribution in [3.63, 3.8) is 0 Å². The zero-order valence-corrected chi connectivity index (χ0v) is 28.0. The van der Waals surface area contributed by atoms with E-state index in [1.807, 2.05) is 0 Å². The topological polar surface area (TPSA) is 3.24 Å².